The lowest BCUT2D eigenvalue weighted by Gasteiger charge is -2.37. The van der Waals surface area contributed by atoms with Crippen molar-refractivity contribution in [3.05, 3.63) is 41.3 Å². The second-order valence-corrected chi connectivity index (χ2v) is 8.74. The fourth-order valence-electron chi connectivity index (χ4n) is 4.81. The van der Waals surface area contributed by atoms with Crippen LogP contribution in [0, 0.1) is 0 Å². The number of nitrogens with one attached hydrogen (secondary N) is 2. The molecule has 5 rings (SSSR count). The minimum Gasteiger partial charge on any atom is -0.494 e. The molecule has 1 aromatic carbocycles. The van der Waals surface area contributed by atoms with E-state index in [2.05, 4.69) is 15.5 Å². The van der Waals surface area contributed by atoms with Gasteiger partial charge in [-0.2, -0.15) is 0 Å². The Morgan fingerprint density at radius 2 is 1.79 bits per heavy atom. The molecule has 2 fully saturated rings. The van der Waals surface area contributed by atoms with Gasteiger partial charge >= 0.3 is 6.03 Å². The number of carbonyl (C=O) groups excluding carboxylic acids is 3. The van der Waals surface area contributed by atoms with Crippen molar-refractivity contribution in [3.63, 3.8) is 0 Å². The Morgan fingerprint density at radius 3 is 2.53 bits per heavy atom. The molecule has 180 valence electrons. The topological polar surface area (TPSA) is 107 Å². The van der Waals surface area contributed by atoms with Crippen LogP contribution in [-0.2, 0) is 6.42 Å². The molecule has 0 atom stereocenters. The first kappa shape index (κ1) is 22.1. The van der Waals surface area contributed by atoms with Gasteiger partial charge in [0.1, 0.15) is 17.8 Å². The van der Waals surface area contributed by atoms with Crippen molar-refractivity contribution in [2.45, 2.75) is 19.3 Å². The van der Waals surface area contributed by atoms with Gasteiger partial charge in [0.25, 0.3) is 11.8 Å². The van der Waals surface area contributed by atoms with Gasteiger partial charge in [-0.25, -0.2) is 4.79 Å². The summed E-state index contributed by atoms with van der Waals surface area (Å²) in [5.74, 6) is 0.314. The van der Waals surface area contributed by atoms with E-state index >= 15 is 0 Å². The van der Waals surface area contributed by atoms with E-state index in [1.165, 1.54) is 6.26 Å². The number of nitrogens with zero attached hydrogens (tertiary/aromatic N) is 3. The Labute approximate surface area is 197 Å². The molecule has 0 radical (unpaired) electrons. The van der Waals surface area contributed by atoms with E-state index in [0.717, 1.165) is 44.7 Å². The van der Waals surface area contributed by atoms with E-state index in [0.29, 0.717) is 48.8 Å². The third-order valence-electron chi connectivity index (χ3n) is 6.70. The van der Waals surface area contributed by atoms with Crippen LogP contribution in [0.15, 0.2) is 28.9 Å². The number of rotatable bonds is 4. The molecule has 10 nitrogen and oxygen atoms in total. The highest BCUT2D eigenvalue weighted by atomic mass is 16.5. The smallest absolute Gasteiger partial charge is 0.320 e. The number of likely N-dealkylation sites (tertiary alicyclic amines) is 1. The van der Waals surface area contributed by atoms with Gasteiger partial charge in [-0.1, -0.05) is 0 Å². The molecule has 0 aliphatic carbocycles. The molecule has 4 amide bonds. The second-order valence-electron chi connectivity index (χ2n) is 8.74. The summed E-state index contributed by atoms with van der Waals surface area (Å²) in [6.07, 6.45) is 4.06. The molecule has 0 bridgehead atoms. The van der Waals surface area contributed by atoms with Crippen molar-refractivity contribution in [3.8, 4) is 5.75 Å². The molecule has 4 heterocycles. The minimum atomic E-state index is -0.429. The molecule has 10 heteroatoms. The number of amides is 4. The van der Waals surface area contributed by atoms with E-state index in [-0.39, 0.29) is 17.5 Å². The van der Waals surface area contributed by atoms with Gasteiger partial charge in [0.2, 0.25) is 0 Å². The van der Waals surface area contributed by atoms with Crippen LogP contribution in [0.25, 0.3) is 0 Å². The lowest BCUT2D eigenvalue weighted by Crippen LogP contribution is -2.52. The number of methoxy groups -OCH3 is 1. The number of fused-ring (bicyclic) bond motifs is 1. The number of urea groups is 1. The molecule has 2 saturated heterocycles. The van der Waals surface area contributed by atoms with E-state index in [9.17, 15) is 14.4 Å². The molecule has 34 heavy (non-hydrogen) atoms. The largest absolute Gasteiger partial charge is 0.494 e. The number of carbonyl (C=O) groups is 3. The maximum Gasteiger partial charge on any atom is 0.320 e. The fourth-order valence-corrected chi connectivity index (χ4v) is 4.81. The first-order valence-corrected chi connectivity index (χ1v) is 11.7. The van der Waals surface area contributed by atoms with Crippen LogP contribution in [0.3, 0.4) is 0 Å². The number of anilines is 2. The van der Waals surface area contributed by atoms with Crippen LogP contribution < -0.4 is 20.3 Å². The number of piperazine rings is 1. The fraction of sp³-hybridized carbons (Fsp3) is 0.458. The highest BCUT2D eigenvalue weighted by Gasteiger charge is 2.29. The maximum absolute atomic E-state index is 12.9. The van der Waals surface area contributed by atoms with Crippen LogP contribution in [0.4, 0.5) is 16.2 Å². The quantitative estimate of drug-likeness (QED) is 0.714. The monoisotopic (exact) mass is 467 g/mol. The Morgan fingerprint density at radius 1 is 1.06 bits per heavy atom. The minimum absolute atomic E-state index is 0.142. The van der Waals surface area contributed by atoms with Gasteiger partial charge in [-0.15, -0.1) is 0 Å². The van der Waals surface area contributed by atoms with Gasteiger partial charge in [-0.05, 0) is 25.0 Å². The molecule has 2 aromatic rings. The Kier molecular flexibility index (Phi) is 6.04. The Bertz CT molecular complexity index is 1100. The molecule has 0 saturated carbocycles. The number of benzene rings is 1. The lowest BCUT2D eigenvalue weighted by atomic mass is 10.0. The first-order chi connectivity index (χ1) is 16.5. The van der Waals surface area contributed by atoms with Crippen LogP contribution in [0.5, 0.6) is 5.75 Å². The average Bonchev–Trinajstić information content (AvgIpc) is 3.55. The second kappa shape index (κ2) is 9.28. The summed E-state index contributed by atoms with van der Waals surface area (Å²) in [5.41, 5.74) is 1.96. The van der Waals surface area contributed by atoms with Crippen molar-refractivity contribution in [2.24, 2.45) is 0 Å². The van der Waals surface area contributed by atoms with Crippen molar-refractivity contribution < 1.29 is 23.5 Å². The van der Waals surface area contributed by atoms with Crippen molar-refractivity contribution in [1.82, 2.24) is 15.1 Å². The van der Waals surface area contributed by atoms with Crippen LogP contribution in [-0.4, -0.2) is 80.6 Å². The summed E-state index contributed by atoms with van der Waals surface area (Å²) in [5, 5.41) is 5.58. The molecule has 2 N–H and O–H groups in total. The molecule has 0 unspecified atom stereocenters. The summed E-state index contributed by atoms with van der Waals surface area (Å²) in [6.45, 7) is 5.00. The Hall–Kier alpha value is -3.69. The van der Waals surface area contributed by atoms with E-state index in [1.807, 2.05) is 21.9 Å². The van der Waals surface area contributed by atoms with Gasteiger partial charge < -0.3 is 34.5 Å². The molecule has 1 aromatic heterocycles. The van der Waals surface area contributed by atoms with E-state index < -0.39 is 5.91 Å². The van der Waals surface area contributed by atoms with Gasteiger partial charge in [0, 0.05) is 64.0 Å². The van der Waals surface area contributed by atoms with Crippen LogP contribution in [0.2, 0.25) is 0 Å². The predicted octanol–water partition coefficient (Wildman–Crippen LogP) is 2.16. The summed E-state index contributed by atoms with van der Waals surface area (Å²) in [7, 11) is 1.55. The zero-order valence-corrected chi connectivity index (χ0v) is 19.3. The number of hydrogen-bond donors (Lipinski definition) is 2. The van der Waals surface area contributed by atoms with Gasteiger partial charge in [-0.3, -0.25) is 9.59 Å². The normalized spacial score (nSPS) is 17.9. The number of hydrogen-bond acceptors (Lipinski definition) is 6. The standard InChI is InChI=1S/C24H29N5O5/c1-33-20-14-16(27-10-12-29(13-11-27)24(32)28-8-2-3-9-28)4-5-18(20)26-22(30)17-15-34-19-6-7-25-23(31)21(17)19/h4-5,14-15H,2-3,6-13H2,1H3,(H,25,31)(H,26,30). The highest BCUT2D eigenvalue weighted by Crippen LogP contribution is 2.31. The third kappa shape index (κ3) is 4.15. The summed E-state index contributed by atoms with van der Waals surface area (Å²) < 4.78 is 11.0. The SMILES string of the molecule is COc1cc(N2CCN(C(=O)N3CCCC3)CC2)ccc1NC(=O)c1coc2c1C(=O)NCC2. The van der Waals surface area contributed by atoms with E-state index in [4.69, 9.17) is 9.15 Å². The highest BCUT2D eigenvalue weighted by molar-refractivity contribution is 6.13. The third-order valence-corrected chi connectivity index (χ3v) is 6.70. The van der Waals surface area contributed by atoms with Crippen LogP contribution in [0.1, 0.15) is 39.3 Å². The van der Waals surface area contributed by atoms with Gasteiger partial charge in [0.05, 0.1) is 23.9 Å². The summed E-state index contributed by atoms with van der Waals surface area (Å²) in [4.78, 5) is 43.8. The van der Waals surface area contributed by atoms with Crippen molar-refractivity contribution in [2.75, 3.05) is 63.1 Å². The molecular weight excluding hydrogens is 438 g/mol. The predicted molar refractivity (Wildman–Crippen MR) is 126 cm³/mol. The molecule has 3 aliphatic heterocycles. The van der Waals surface area contributed by atoms with Crippen molar-refractivity contribution >= 4 is 29.2 Å². The van der Waals surface area contributed by atoms with Crippen LogP contribution >= 0.6 is 0 Å². The molecule has 0 spiro atoms. The summed E-state index contributed by atoms with van der Waals surface area (Å²) >= 11 is 0. The lowest BCUT2D eigenvalue weighted by molar-refractivity contribution is 0.0931. The maximum atomic E-state index is 12.9. The number of ether oxygens (including phenoxy) is 1. The zero-order chi connectivity index (χ0) is 23.7. The molecular formula is C24H29N5O5. The summed E-state index contributed by atoms with van der Waals surface area (Å²) in [6, 6.07) is 5.74. The molecule has 3 aliphatic rings. The number of furan rings is 1. The Balaban J connectivity index is 1.25. The van der Waals surface area contributed by atoms with Gasteiger partial charge in [0.15, 0.2) is 0 Å². The average molecular weight is 468 g/mol. The van der Waals surface area contributed by atoms with Crippen molar-refractivity contribution in [1.29, 1.82) is 0 Å². The zero-order valence-electron chi connectivity index (χ0n) is 19.3. The van der Waals surface area contributed by atoms with E-state index in [1.54, 1.807) is 13.2 Å². The first-order valence-electron chi connectivity index (χ1n) is 11.7.